The van der Waals surface area contributed by atoms with E-state index in [1.807, 2.05) is 34.6 Å². The third kappa shape index (κ3) is 3.42. The minimum absolute atomic E-state index is 0.0172. The van der Waals surface area contributed by atoms with Crippen molar-refractivity contribution in [1.29, 1.82) is 0 Å². The number of nitrogens with zero attached hydrogens (tertiary/aromatic N) is 4. The largest absolute Gasteiger partial charge is 0.366 e. The van der Waals surface area contributed by atoms with Gasteiger partial charge in [0.2, 0.25) is 0 Å². The third-order valence-corrected chi connectivity index (χ3v) is 6.14. The van der Waals surface area contributed by atoms with Crippen molar-refractivity contribution in [3.8, 4) is 11.1 Å². The Morgan fingerprint density at radius 1 is 1.30 bits per heavy atom. The van der Waals surface area contributed by atoms with Gasteiger partial charge in [0.05, 0.1) is 29.2 Å². The van der Waals surface area contributed by atoms with Crippen molar-refractivity contribution < 1.29 is 4.79 Å². The van der Waals surface area contributed by atoms with Crippen molar-refractivity contribution in [3.63, 3.8) is 0 Å². The van der Waals surface area contributed by atoms with Crippen molar-refractivity contribution >= 4 is 28.6 Å². The Hall–Kier alpha value is -2.45. The standard InChI is InChI=1S/C19H22N6OS/c26-19(22-8-13-1-2-13)17-7-14(12-27-17)16-10-23-25-11-15(9-21-18(16)25)24-5-3-20-4-6-24/h7,9-13,20H,1-6,8H2,(H,22,26). The number of thiophene rings is 1. The number of rotatable bonds is 5. The van der Waals surface area contributed by atoms with Crippen LogP contribution in [-0.2, 0) is 0 Å². The molecule has 1 saturated heterocycles. The lowest BCUT2D eigenvalue weighted by atomic mass is 10.2. The molecule has 2 fully saturated rings. The van der Waals surface area contributed by atoms with Crippen LogP contribution in [0, 0.1) is 5.92 Å². The van der Waals surface area contributed by atoms with Crippen molar-refractivity contribution in [2.24, 2.45) is 5.92 Å². The number of hydrogen-bond acceptors (Lipinski definition) is 6. The third-order valence-electron chi connectivity index (χ3n) is 5.21. The first-order chi connectivity index (χ1) is 13.3. The molecule has 1 saturated carbocycles. The highest BCUT2D eigenvalue weighted by molar-refractivity contribution is 7.12. The topological polar surface area (TPSA) is 74.6 Å². The molecule has 0 bridgehead atoms. The smallest absolute Gasteiger partial charge is 0.261 e. The van der Waals surface area contributed by atoms with Crippen LogP contribution in [0.3, 0.4) is 0 Å². The molecule has 1 aliphatic heterocycles. The Bertz CT molecular complexity index is 970. The van der Waals surface area contributed by atoms with Gasteiger partial charge in [-0.15, -0.1) is 11.3 Å². The Morgan fingerprint density at radius 3 is 2.96 bits per heavy atom. The SMILES string of the molecule is O=C(NCC1CC1)c1cc(-c2cnn3cc(N4CCNCC4)cnc23)cs1. The number of aromatic nitrogens is 3. The van der Waals surface area contributed by atoms with Gasteiger partial charge in [0, 0.05) is 38.3 Å². The Balaban J connectivity index is 1.37. The van der Waals surface area contributed by atoms with Crippen LogP contribution in [0.2, 0.25) is 0 Å². The Labute approximate surface area is 161 Å². The molecule has 3 aromatic rings. The van der Waals surface area contributed by atoms with Crippen LogP contribution in [-0.4, -0.2) is 53.2 Å². The van der Waals surface area contributed by atoms with Gasteiger partial charge < -0.3 is 15.5 Å². The van der Waals surface area contributed by atoms with E-state index >= 15 is 0 Å². The van der Waals surface area contributed by atoms with Crippen molar-refractivity contribution in [2.45, 2.75) is 12.8 Å². The molecular weight excluding hydrogens is 360 g/mol. The molecule has 1 amide bonds. The van der Waals surface area contributed by atoms with Crippen LogP contribution >= 0.6 is 11.3 Å². The number of nitrogens with one attached hydrogen (secondary N) is 2. The van der Waals surface area contributed by atoms with Gasteiger partial charge >= 0.3 is 0 Å². The number of hydrogen-bond donors (Lipinski definition) is 2. The highest BCUT2D eigenvalue weighted by atomic mass is 32.1. The van der Waals surface area contributed by atoms with E-state index < -0.39 is 0 Å². The molecule has 2 aliphatic rings. The number of fused-ring (bicyclic) bond motifs is 1. The second-order valence-corrected chi connectivity index (χ2v) is 8.14. The van der Waals surface area contributed by atoms with Crippen LogP contribution in [0.1, 0.15) is 22.5 Å². The van der Waals surface area contributed by atoms with Gasteiger partial charge in [0.1, 0.15) is 0 Å². The molecule has 0 unspecified atom stereocenters. The molecule has 8 heteroatoms. The van der Waals surface area contributed by atoms with Crippen molar-refractivity contribution in [3.05, 3.63) is 34.9 Å². The zero-order chi connectivity index (χ0) is 18.2. The summed E-state index contributed by atoms with van der Waals surface area (Å²) >= 11 is 1.47. The molecule has 4 heterocycles. The maximum Gasteiger partial charge on any atom is 0.261 e. The maximum absolute atomic E-state index is 12.3. The molecule has 3 aromatic heterocycles. The summed E-state index contributed by atoms with van der Waals surface area (Å²) < 4.78 is 1.83. The van der Waals surface area contributed by atoms with Gasteiger partial charge in [-0.1, -0.05) is 0 Å². The predicted molar refractivity (Wildman–Crippen MR) is 106 cm³/mol. The van der Waals surface area contributed by atoms with Crippen molar-refractivity contribution in [1.82, 2.24) is 25.2 Å². The van der Waals surface area contributed by atoms with E-state index in [2.05, 4.69) is 25.6 Å². The summed E-state index contributed by atoms with van der Waals surface area (Å²) in [6.45, 7) is 4.72. The summed E-state index contributed by atoms with van der Waals surface area (Å²) in [4.78, 5) is 20.0. The second-order valence-electron chi connectivity index (χ2n) is 7.23. The van der Waals surface area contributed by atoms with Gasteiger partial charge in [-0.2, -0.15) is 5.10 Å². The quantitative estimate of drug-likeness (QED) is 0.706. The first-order valence-corrected chi connectivity index (χ1v) is 10.3. The lowest BCUT2D eigenvalue weighted by Gasteiger charge is -2.28. The number of amides is 1. The molecular formula is C19H22N6OS. The fourth-order valence-corrected chi connectivity index (χ4v) is 4.22. The molecule has 0 spiro atoms. The first kappa shape index (κ1) is 16.7. The van der Waals surface area contributed by atoms with Gasteiger partial charge in [-0.3, -0.25) is 4.79 Å². The van der Waals surface area contributed by atoms with Crippen LogP contribution in [0.4, 0.5) is 5.69 Å². The van der Waals surface area contributed by atoms with Gasteiger partial charge in [-0.25, -0.2) is 9.50 Å². The summed E-state index contributed by atoms with van der Waals surface area (Å²) in [6.07, 6.45) is 8.26. The second kappa shape index (κ2) is 6.94. The monoisotopic (exact) mass is 382 g/mol. The minimum Gasteiger partial charge on any atom is -0.366 e. The van der Waals surface area contributed by atoms with E-state index in [1.54, 1.807) is 0 Å². The molecule has 0 aromatic carbocycles. The fraction of sp³-hybridized carbons (Fsp3) is 0.421. The molecule has 5 rings (SSSR count). The van der Waals surface area contributed by atoms with Gasteiger partial charge in [-0.05, 0) is 35.8 Å². The Kier molecular flexibility index (Phi) is 4.29. The highest BCUT2D eigenvalue weighted by Gasteiger charge is 2.22. The summed E-state index contributed by atoms with van der Waals surface area (Å²) in [7, 11) is 0. The van der Waals surface area contributed by atoms with E-state index in [4.69, 9.17) is 0 Å². The number of carbonyl (C=O) groups excluding carboxylic acids is 1. The van der Waals surface area contributed by atoms with Crippen molar-refractivity contribution in [2.75, 3.05) is 37.6 Å². The zero-order valence-corrected chi connectivity index (χ0v) is 15.8. The molecule has 1 aliphatic carbocycles. The molecule has 7 nitrogen and oxygen atoms in total. The lowest BCUT2D eigenvalue weighted by molar-refractivity contribution is 0.0956. The summed E-state index contributed by atoms with van der Waals surface area (Å²) in [5.74, 6) is 0.700. The predicted octanol–water partition coefficient (Wildman–Crippen LogP) is 2.01. The Morgan fingerprint density at radius 2 is 2.15 bits per heavy atom. The van der Waals surface area contributed by atoms with E-state index in [0.717, 1.165) is 60.1 Å². The van der Waals surface area contributed by atoms with Crippen LogP contribution in [0.5, 0.6) is 0 Å². The van der Waals surface area contributed by atoms with Crippen LogP contribution in [0.15, 0.2) is 30.0 Å². The molecule has 0 radical (unpaired) electrons. The van der Waals surface area contributed by atoms with E-state index in [9.17, 15) is 4.79 Å². The molecule has 140 valence electrons. The first-order valence-electron chi connectivity index (χ1n) is 9.44. The average molecular weight is 382 g/mol. The fourth-order valence-electron chi connectivity index (χ4n) is 3.40. The number of anilines is 1. The van der Waals surface area contributed by atoms with E-state index in [1.165, 1.54) is 24.2 Å². The van der Waals surface area contributed by atoms with Gasteiger partial charge in [0.15, 0.2) is 5.65 Å². The minimum atomic E-state index is 0.0172. The molecule has 2 N–H and O–H groups in total. The zero-order valence-electron chi connectivity index (χ0n) is 15.0. The van der Waals surface area contributed by atoms with Crippen LogP contribution < -0.4 is 15.5 Å². The number of carbonyl (C=O) groups is 1. The van der Waals surface area contributed by atoms with Crippen LogP contribution in [0.25, 0.3) is 16.8 Å². The maximum atomic E-state index is 12.3. The van der Waals surface area contributed by atoms with E-state index in [-0.39, 0.29) is 5.91 Å². The highest BCUT2D eigenvalue weighted by Crippen LogP contribution is 2.30. The number of piperazine rings is 1. The summed E-state index contributed by atoms with van der Waals surface area (Å²) in [5, 5.41) is 12.9. The normalized spacial score (nSPS) is 17.4. The lowest BCUT2D eigenvalue weighted by Crippen LogP contribution is -2.43. The summed E-state index contributed by atoms with van der Waals surface area (Å²) in [5.41, 5.74) is 3.86. The molecule has 0 atom stereocenters. The van der Waals surface area contributed by atoms with E-state index in [0.29, 0.717) is 5.92 Å². The van der Waals surface area contributed by atoms with Gasteiger partial charge in [0.25, 0.3) is 5.91 Å². The summed E-state index contributed by atoms with van der Waals surface area (Å²) in [6, 6.07) is 1.94. The average Bonchev–Trinajstić information content (AvgIpc) is 3.24. The molecule has 27 heavy (non-hydrogen) atoms.